The van der Waals surface area contributed by atoms with E-state index in [1.807, 2.05) is 12.1 Å². The quantitative estimate of drug-likeness (QED) is 0.650. The maximum atomic E-state index is 5.00. The van der Waals surface area contributed by atoms with Crippen LogP contribution >= 0.6 is 0 Å². The normalized spacial score (nSPS) is 16.7. The van der Waals surface area contributed by atoms with Gasteiger partial charge >= 0.3 is 0 Å². The van der Waals surface area contributed by atoms with Crippen LogP contribution < -0.4 is 4.90 Å². The minimum Gasteiger partial charge on any atom is -0.360 e. The number of benzene rings is 3. The number of hydrogen-bond acceptors (Lipinski definition) is 2. The Hall–Kier alpha value is -2.87. The van der Waals surface area contributed by atoms with Gasteiger partial charge in [0.15, 0.2) is 0 Å². The molecule has 2 heteroatoms. The average Bonchev–Trinajstić information content (AvgIpc) is 2.63. The Labute approximate surface area is 136 Å². The second-order valence-electron chi connectivity index (χ2n) is 5.78. The number of fused-ring (bicyclic) bond motifs is 1. The predicted octanol–water partition coefficient (Wildman–Crippen LogP) is 5.00. The number of nitrogens with zero attached hydrogens (tertiary/aromatic N) is 2. The summed E-state index contributed by atoms with van der Waals surface area (Å²) >= 11 is 0. The minimum atomic E-state index is 0.119. The highest BCUT2D eigenvalue weighted by Crippen LogP contribution is 2.40. The third-order valence-corrected chi connectivity index (χ3v) is 4.33. The van der Waals surface area contributed by atoms with Crippen LogP contribution in [0.4, 0.5) is 11.4 Å². The van der Waals surface area contributed by atoms with Gasteiger partial charge in [-0.15, -0.1) is 0 Å². The highest BCUT2D eigenvalue weighted by atomic mass is 15.2. The summed E-state index contributed by atoms with van der Waals surface area (Å²) in [7, 11) is 2.15. The molecule has 0 radical (unpaired) electrons. The van der Waals surface area contributed by atoms with Crippen molar-refractivity contribution in [3.05, 3.63) is 96.1 Å². The van der Waals surface area contributed by atoms with Crippen molar-refractivity contribution in [2.24, 2.45) is 4.99 Å². The highest BCUT2D eigenvalue weighted by molar-refractivity contribution is 6.10. The van der Waals surface area contributed by atoms with Crippen molar-refractivity contribution in [2.45, 2.75) is 6.04 Å². The van der Waals surface area contributed by atoms with Gasteiger partial charge in [-0.3, -0.25) is 0 Å². The molecule has 3 aromatic rings. The van der Waals surface area contributed by atoms with Gasteiger partial charge in [0.25, 0.3) is 0 Å². The fourth-order valence-electron chi connectivity index (χ4n) is 3.22. The lowest BCUT2D eigenvalue weighted by Gasteiger charge is -2.36. The fraction of sp³-hybridized carbons (Fsp3) is 0.0952. The number of rotatable bonds is 2. The third kappa shape index (κ3) is 2.42. The number of para-hydroxylation sites is 2. The minimum absolute atomic E-state index is 0.119. The summed E-state index contributed by atoms with van der Waals surface area (Å²) < 4.78 is 0. The average molecular weight is 298 g/mol. The number of likely N-dealkylation sites (N-methyl/N-ethyl adjacent to an activating group) is 1. The Morgan fingerprint density at radius 1 is 0.739 bits per heavy atom. The molecule has 0 amide bonds. The molecular weight excluding hydrogens is 280 g/mol. The van der Waals surface area contributed by atoms with E-state index in [1.165, 1.54) is 16.8 Å². The number of hydrogen-bond donors (Lipinski definition) is 0. The Balaban J connectivity index is 1.93. The molecule has 0 saturated heterocycles. The number of anilines is 1. The van der Waals surface area contributed by atoms with E-state index in [9.17, 15) is 0 Å². The van der Waals surface area contributed by atoms with Gasteiger partial charge in [0.2, 0.25) is 0 Å². The largest absolute Gasteiger partial charge is 0.360 e. The van der Waals surface area contributed by atoms with Crippen molar-refractivity contribution in [2.75, 3.05) is 11.9 Å². The Kier molecular flexibility index (Phi) is 3.43. The first-order valence-corrected chi connectivity index (χ1v) is 7.85. The third-order valence-electron chi connectivity index (χ3n) is 4.33. The van der Waals surface area contributed by atoms with Crippen molar-refractivity contribution in [3.8, 4) is 0 Å². The summed E-state index contributed by atoms with van der Waals surface area (Å²) in [5.74, 6) is 0. The summed E-state index contributed by atoms with van der Waals surface area (Å²) in [6, 6.07) is 29.5. The van der Waals surface area contributed by atoms with Crippen LogP contribution in [0.2, 0.25) is 0 Å². The van der Waals surface area contributed by atoms with Crippen molar-refractivity contribution in [1.82, 2.24) is 0 Å². The first kappa shape index (κ1) is 13.8. The molecule has 0 saturated carbocycles. The van der Waals surface area contributed by atoms with Crippen molar-refractivity contribution in [3.63, 3.8) is 0 Å². The molecule has 0 aromatic heterocycles. The van der Waals surface area contributed by atoms with Gasteiger partial charge < -0.3 is 4.90 Å². The Morgan fingerprint density at radius 2 is 1.35 bits per heavy atom. The second-order valence-corrected chi connectivity index (χ2v) is 5.78. The van der Waals surface area contributed by atoms with E-state index in [4.69, 9.17) is 4.99 Å². The lowest BCUT2D eigenvalue weighted by Crippen LogP contribution is -2.33. The smallest absolute Gasteiger partial charge is 0.0970 e. The van der Waals surface area contributed by atoms with Crippen LogP contribution in [0.3, 0.4) is 0 Å². The van der Waals surface area contributed by atoms with E-state index in [-0.39, 0.29) is 6.04 Å². The van der Waals surface area contributed by atoms with Gasteiger partial charge in [-0.2, -0.15) is 0 Å². The van der Waals surface area contributed by atoms with Gasteiger partial charge in [-0.05, 0) is 23.3 Å². The van der Waals surface area contributed by atoms with Gasteiger partial charge in [-0.1, -0.05) is 72.8 Å². The molecule has 23 heavy (non-hydrogen) atoms. The summed E-state index contributed by atoms with van der Waals surface area (Å²) in [6.45, 7) is 0. The SMILES string of the molecule is CN1c2ccccc2N=C(c2ccccc2)C1c1ccccc1. The molecule has 0 bridgehead atoms. The molecule has 0 N–H and O–H groups in total. The van der Waals surface area contributed by atoms with E-state index in [0.717, 1.165) is 11.4 Å². The molecule has 1 aliphatic heterocycles. The van der Waals surface area contributed by atoms with Crippen LogP contribution in [0.5, 0.6) is 0 Å². The molecule has 0 spiro atoms. The van der Waals surface area contributed by atoms with Crippen LogP contribution in [-0.4, -0.2) is 12.8 Å². The van der Waals surface area contributed by atoms with E-state index in [2.05, 4.69) is 84.7 Å². The molecule has 1 heterocycles. The molecule has 4 rings (SSSR count). The monoisotopic (exact) mass is 298 g/mol. The van der Waals surface area contributed by atoms with E-state index < -0.39 is 0 Å². The van der Waals surface area contributed by atoms with Crippen LogP contribution in [0, 0.1) is 0 Å². The highest BCUT2D eigenvalue weighted by Gasteiger charge is 2.29. The lowest BCUT2D eigenvalue weighted by atomic mass is 9.93. The zero-order chi connectivity index (χ0) is 15.6. The van der Waals surface area contributed by atoms with Crippen molar-refractivity contribution in [1.29, 1.82) is 0 Å². The molecule has 112 valence electrons. The molecule has 3 aromatic carbocycles. The van der Waals surface area contributed by atoms with Crippen LogP contribution in [0.1, 0.15) is 17.2 Å². The summed E-state index contributed by atoms with van der Waals surface area (Å²) in [4.78, 5) is 7.32. The molecule has 0 fully saturated rings. The van der Waals surface area contributed by atoms with Crippen molar-refractivity contribution >= 4 is 17.1 Å². The first-order valence-electron chi connectivity index (χ1n) is 7.85. The Morgan fingerprint density at radius 3 is 2.09 bits per heavy atom. The summed E-state index contributed by atoms with van der Waals surface area (Å²) in [5.41, 5.74) is 5.72. The van der Waals surface area contributed by atoms with E-state index in [1.54, 1.807) is 0 Å². The maximum absolute atomic E-state index is 5.00. The zero-order valence-corrected chi connectivity index (χ0v) is 13.1. The van der Waals surface area contributed by atoms with Crippen LogP contribution in [0.15, 0.2) is 89.9 Å². The van der Waals surface area contributed by atoms with Gasteiger partial charge in [0, 0.05) is 7.05 Å². The second kappa shape index (κ2) is 5.73. The summed E-state index contributed by atoms with van der Waals surface area (Å²) in [6.07, 6.45) is 0. The Bertz CT molecular complexity index is 838. The van der Waals surface area contributed by atoms with Gasteiger partial charge in [-0.25, -0.2) is 4.99 Å². The van der Waals surface area contributed by atoms with Gasteiger partial charge in [0.1, 0.15) is 0 Å². The number of aliphatic imine (C=N–C) groups is 1. The zero-order valence-electron chi connectivity index (χ0n) is 13.1. The van der Waals surface area contributed by atoms with E-state index in [0.29, 0.717) is 0 Å². The fourth-order valence-corrected chi connectivity index (χ4v) is 3.22. The first-order chi connectivity index (χ1) is 11.3. The summed E-state index contributed by atoms with van der Waals surface area (Å²) in [5, 5.41) is 0. The lowest BCUT2D eigenvalue weighted by molar-refractivity contribution is 0.836. The topological polar surface area (TPSA) is 15.6 Å². The van der Waals surface area contributed by atoms with Gasteiger partial charge in [0.05, 0.1) is 23.1 Å². The van der Waals surface area contributed by atoms with Crippen LogP contribution in [-0.2, 0) is 0 Å². The maximum Gasteiger partial charge on any atom is 0.0970 e. The van der Waals surface area contributed by atoms with E-state index >= 15 is 0 Å². The molecule has 1 aliphatic rings. The van der Waals surface area contributed by atoms with Crippen molar-refractivity contribution < 1.29 is 0 Å². The standard InChI is InChI=1S/C21H18N2/c1-23-19-15-9-8-14-18(19)22-20(16-10-4-2-5-11-16)21(23)17-12-6-3-7-13-17/h2-15,21H,1H3. The molecule has 0 aliphatic carbocycles. The molecule has 1 atom stereocenters. The predicted molar refractivity (Wildman–Crippen MR) is 96.7 cm³/mol. The molecular formula is C21H18N2. The van der Waals surface area contributed by atoms with Crippen LogP contribution in [0.25, 0.3) is 0 Å². The molecule has 1 unspecified atom stereocenters. The molecule has 2 nitrogen and oxygen atoms in total.